The molecule has 0 radical (unpaired) electrons. The molecule has 0 spiro atoms. The number of hydrogen-bond donors (Lipinski definition) is 1. The Hall–Kier alpha value is -1.49. The van der Waals surface area contributed by atoms with Gasteiger partial charge in [0.1, 0.15) is 0 Å². The van der Waals surface area contributed by atoms with E-state index in [1.54, 1.807) is 6.20 Å². The molecule has 2 aromatic heterocycles. The van der Waals surface area contributed by atoms with Crippen LogP contribution in [0.1, 0.15) is 25.6 Å². The zero-order chi connectivity index (χ0) is 11.0. The zero-order valence-electron chi connectivity index (χ0n) is 9.35. The molecule has 3 rings (SSSR count). The highest BCUT2D eigenvalue weighted by atomic mass is 15.4. The van der Waals surface area contributed by atoms with E-state index in [0.717, 1.165) is 37.4 Å². The summed E-state index contributed by atoms with van der Waals surface area (Å²) in [4.78, 5) is 0. The highest BCUT2D eigenvalue weighted by Gasteiger charge is 2.38. The van der Waals surface area contributed by atoms with E-state index in [9.17, 15) is 0 Å². The van der Waals surface area contributed by atoms with Gasteiger partial charge in [-0.05, 0) is 31.5 Å². The Balaban J connectivity index is 2.17. The van der Waals surface area contributed by atoms with Crippen LogP contribution in [0.25, 0.3) is 5.65 Å². The third kappa shape index (κ3) is 1.24. The number of hydrogen-bond acceptors (Lipinski definition) is 4. The Morgan fingerprint density at radius 1 is 1.50 bits per heavy atom. The smallest absolute Gasteiger partial charge is 0.177 e. The number of fused-ring (bicyclic) bond motifs is 1. The van der Waals surface area contributed by atoms with Crippen molar-refractivity contribution >= 4 is 5.65 Å². The Labute approximate surface area is 93.9 Å². The van der Waals surface area contributed by atoms with Crippen LogP contribution in [0.5, 0.6) is 0 Å². The molecule has 3 heterocycles. The van der Waals surface area contributed by atoms with E-state index in [1.165, 1.54) is 0 Å². The summed E-state index contributed by atoms with van der Waals surface area (Å²) in [6, 6.07) is 3.83. The number of nitrogens with zero attached hydrogens (tertiary/aromatic N) is 4. The molecule has 1 fully saturated rings. The van der Waals surface area contributed by atoms with Crippen molar-refractivity contribution < 1.29 is 0 Å². The maximum absolute atomic E-state index is 4.34. The maximum atomic E-state index is 4.34. The topological polar surface area (TPSA) is 55.1 Å². The third-order valence-electron chi connectivity index (χ3n) is 3.57. The van der Waals surface area contributed by atoms with E-state index in [4.69, 9.17) is 0 Å². The molecule has 1 aliphatic heterocycles. The predicted molar refractivity (Wildman–Crippen MR) is 60.2 cm³/mol. The molecule has 0 bridgehead atoms. The molecule has 5 heteroatoms. The number of nitrogens with one attached hydrogen (secondary N) is 1. The van der Waals surface area contributed by atoms with Gasteiger partial charge in [0.2, 0.25) is 0 Å². The van der Waals surface area contributed by atoms with Gasteiger partial charge in [0.15, 0.2) is 11.5 Å². The molecule has 0 amide bonds. The summed E-state index contributed by atoms with van der Waals surface area (Å²) in [6.07, 6.45) is 3.96. The molecular weight excluding hydrogens is 202 g/mol. The molecular formula is C11H15N5. The second kappa shape index (κ2) is 3.52. The van der Waals surface area contributed by atoms with Crippen molar-refractivity contribution in [2.45, 2.75) is 25.2 Å². The SMILES string of the molecule is CCC1(c2nnc3cccnn23)CCNC1. The van der Waals surface area contributed by atoms with Crippen LogP contribution < -0.4 is 5.32 Å². The lowest BCUT2D eigenvalue weighted by Gasteiger charge is -2.23. The quantitative estimate of drug-likeness (QED) is 0.807. The first-order valence-corrected chi connectivity index (χ1v) is 5.73. The average molecular weight is 217 g/mol. The van der Waals surface area contributed by atoms with Gasteiger partial charge in [0.25, 0.3) is 0 Å². The first-order valence-electron chi connectivity index (χ1n) is 5.73. The molecule has 5 nitrogen and oxygen atoms in total. The summed E-state index contributed by atoms with van der Waals surface area (Å²) in [7, 11) is 0. The molecule has 0 saturated carbocycles. The van der Waals surface area contributed by atoms with Crippen LogP contribution in [0.3, 0.4) is 0 Å². The standard InChI is InChI=1S/C11H15N5/c1-2-11(5-7-12-8-11)10-15-14-9-4-3-6-13-16(9)10/h3-4,6,12H,2,5,7-8H2,1H3. The summed E-state index contributed by atoms with van der Waals surface area (Å²) in [6.45, 7) is 4.23. The van der Waals surface area contributed by atoms with Crippen LogP contribution in [0.2, 0.25) is 0 Å². The lowest BCUT2D eigenvalue weighted by Crippen LogP contribution is -2.31. The lowest BCUT2D eigenvalue weighted by atomic mass is 9.83. The molecule has 1 saturated heterocycles. The van der Waals surface area contributed by atoms with Gasteiger partial charge in [0, 0.05) is 18.2 Å². The van der Waals surface area contributed by atoms with Gasteiger partial charge < -0.3 is 5.32 Å². The van der Waals surface area contributed by atoms with Crippen LogP contribution >= 0.6 is 0 Å². The van der Waals surface area contributed by atoms with Crippen LogP contribution in [-0.2, 0) is 5.41 Å². The van der Waals surface area contributed by atoms with E-state index in [0.29, 0.717) is 0 Å². The highest BCUT2D eigenvalue weighted by molar-refractivity contribution is 5.36. The fourth-order valence-corrected chi connectivity index (χ4v) is 2.47. The summed E-state index contributed by atoms with van der Waals surface area (Å²) in [5.74, 6) is 0.996. The predicted octanol–water partition coefficient (Wildman–Crippen LogP) is 0.765. The molecule has 0 aliphatic carbocycles. The van der Waals surface area contributed by atoms with Crippen molar-refractivity contribution in [2.75, 3.05) is 13.1 Å². The van der Waals surface area contributed by atoms with E-state index in [-0.39, 0.29) is 5.41 Å². The van der Waals surface area contributed by atoms with Gasteiger partial charge in [-0.25, -0.2) is 0 Å². The molecule has 16 heavy (non-hydrogen) atoms. The molecule has 84 valence electrons. The summed E-state index contributed by atoms with van der Waals surface area (Å²) < 4.78 is 1.87. The summed E-state index contributed by atoms with van der Waals surface area (Å²) in [5, 5.41) is 16.3. The maximum Gasteiger partial charge on any atom is 0.177 e. The second-order valence-electron chi connectivity index (χ2n) is 4.38. The van der Waals surface area contributed by atoms with Crippen molar-refractivity contribution in [1.29, 1.82) is 0 Å². The molecule has 1 aliphatic rings. The summed E-state index contributed by atoms with van der Waals surface area (Å²) >= 11 is 0. The van der Waals surface area contributed by atoms with Crippen molar-refractivity contribution in [3.05, 3.63) is 24.2 Å². The fraction of sp³-hybridized carbons (Fsp3) is 0.545. The van der Waals surface area contributed by atoms with E-state index < -0.39 is 0 Å². The van der Waals surface area contributed by atoms with Crippen LogP contribution in [-0.4, -0.2) is 32.9 Å². The fourth-order valence-electron chi connectivity index (χ4n) is 2.47. The van der Waals surface area contributed by atoms with Crippen molar-refractivity contribution in [3.8, 4) is 0 Å². The first-order chi connectivity index (χ1) is 7.86. The van der Waals surface area contributed by atoms with Gasteiger partial charge in [0.05, 0.1) is 0 Å². The largest absolute Gasteiger partial charge is 0.316 e. The zero-order valence-corrected chi connectivity index (χ0v) is 9.35. The Bertz CT molecular complexity index is 498. The van der Waals surface area contributed by atoms with Crippen molar-refractivity contribution in [2.24, 2.45) is 0 Å². The normalized spacial score (nSPS) is 25.3. The van der Waals surface area contributed by atoms with Crippen molar-refractivity contribution in [3.63, 3.8) is 0 Å². The van der Waals surface area contributed by atoms with Crippen LogP contribution in [0.4, 0.5) is 0 Å². The van der Waals surface area contributed by atoms with Crippen LogP contribution in [0, 0.1) is 0 Å². The van der Waals surface area contributed by atoms with E-state index in [1.807, 2.05) is 16.6 Å². The van der Waals surface area contributed by atoms with E-state index >= 15 is 0 Å². The highest BCUT2D eigenvalue weighted by Crippen LogP contribution is 2.32. The van der Waals surface area contributed by atoms with Gasteiger partial charge in [-0.15, -0.1) is 10.2 Å². The van der Waals surface area contributed by atoms with Crippen LogP contribution in [0.15, 0.2) is 18.3 Å². The van der Waals surface area contributed by atoms with Gasteiger partial charge in [-0.2, -0.15) is 9.61 Å². The first kappa shape index (κ1) is 9.72. The Morgan fingerprint density at radius 3 is 3.19 bits per heavy atom. The molecule has 0 aromatic carbocycles. The minimum absolute atomic E-state index is 0.105. The molecule has 2 aromatic rings. The van der Waals surface area contributed by atoms with E-state index in [2.05, 4.69) is 27.5 Å². The summed E-state index contributed by atoms with van der Waals surface area (Å²) in [5.41, 5.74) is 0.936. The second-order valence-corrected chi connectivity index (χ2v) is 4.38. The Morgan fingerprint density at radius 2 is 2.44 bits per heavy atom. The molecule has 1 atom stereocenters. The molecule has 1 unspecified atom stereocenters. The average Bonchev–Trinajstić information content (AvgIpc) is 2.96. The lowest BCUT2D eigenvalue weighted by molar-refractivity contribution is 0.415. The third-order valence-corrected chi connectivity index (χ3v) is 3.57. The van der Waals surface area contributed by atoms with Crippen molar-refractivity contribution in [1.82, 2.24) is 25.1 Å². The minimum atomic E-state index is 0.105. The number of aromatic nitrogens is 4. The Kier molecular flexibility index (Phi) is 2.14. The van der Waals surface area contributed by atoms with Gasteiger partial charge >= 0.3 is 0 Å². The van der Waals surface area contributed by atoms with Gasteiger partial charge in [-0.1, -0.05) is 6.92 Å². The minimum Gasteiger partial charge on any atom is -0.316 e. The number of rotatable bonds is 2. The monoisotopic (exact) mass is 217 g/mol. The molecule has 1 N–H and O–H groups in total. The van der Waals surface area contributed by atoms with Gasteiger partial charge in [-0.3, -0.25) is 0 Å².